The van der Waals surface area contributed by atoms with Crippen LogP contribution in [0.25, 0.3) is 6.08 Å². The summed E-state index contributed by atoms with van der Waals surface area (Å²) in [7, 11) is 0. The number of anilines is 1. The van der Waals surface area contributed by atoms with E-state index in [-0.39, 0.29) is 18.2 Å². The van der Waals surface area contributed by atoms with Gasteiger partial charge in [0.2, 0.25) is 5.91 Å². The number of aromatic nitrogens is 1. The van der Waals surface area contributed by atoms with Crippen molar-refractivity contribution in [2.75, 3.05) is 11.9 Å². The van der Waals surface area contributed by atoms with Crippen LogP contribution in [0.3, 0.4) is 0 Å². The third kappa shape index (κ3) is 6.33. The molecule has 5 nitrogen and oxygen atoms in total. The van der Waals surface area contributed by atoms with Crippen molar-refractivity contribution in [3.8, 4) is 0 Å². The van der Waals surface area contributed by atoms with Crippen molar-refractivity contribution in [3.63, 3.8) is 0 Å². The molecule has 0 unspecified atom stereocenters. The summed E-state index contributed by atoms with van der Waals surface area (Å²) in [5, 5.41) is 4.11. The van der Waals surface area contributed by atoms with Gasteiger partial charge in [-0.2, -0.15) is 0 Å². The molecule has 1 N–H and O–H groups in total. The van der Waals surface area contributed by atoms with E-state index < -0.39 is 0 Å². The fourth-order valence-corrected chi connectivity index (χ4v) is 5.73. The van der Waals surface area contributed by atoms with Crippen molar-refractivity contribution in [2.45, 2.75) is 26.2 Å². The fraction of sp³-hybridized carbons (Fsp3) is 0.200. The Hall–Kier alpha value is -2.52. The van der Waals surface area contributed by atoms with E-state index in [4.69, 9.17) is 23.8 Å². The number of thiazole rings is 1. The van der Waals surface area contributed by atoms with E-state index in [0.29, 0.717) is 38.8 Å². The summed E-state index contributed by atoms with van der Waals surface area (Å²) in [4.78, 5) is 32.6. The van der Waals surface area contributed by atoms with Gasteiger partial charge in [-0.05, 0) is 36.6 Å². The molecule has 0 radical (unpaired) electrons. The zero-order valence-electron chi connectivity index (χ0n) is 18.4. The van der Waals surface area contributed by atoms with Crippen molar-refractivity contribution < 1.29 is 9.59 Å². The van der Waals surface area contributed by atoms with Gasteiger partial charge in [0.15, 0.2) is 5.13 Å². The lowest BCUT2D eigenvalue weighted by Crippen LogP contribution is -2.29. The van der Waals surface area contributed by atoms with Crippen LogP contribution in [0.15, 0.2) is 59.6 Å². The van der Waals surface area contributed by atoms with Crippen LogP contribution in [-0.4, -0.2) is 32.6 Å². The van der Waals surface area contributed by atoms with Crippen molar-refractivity contribution >= 4 is 74.3 Å². The second kappa shape index (κ2) is 11.3. The molecule has 2 amide bonds. The van der Waals surface area contributed by atoms with Crippen LogP contribution in [0.2, 0.25) is 5.02 Å². The van der Waals surface area contributed by atoms with E-state index in [1.165, 1.54) is 23.1 Å². The van der Waals surface area contributed by atoms with E-state index in [9.17, 15) is 9.59 Å². The molecule has 0 atom stereocenters. The van der Waals surface area contributed by atoms with Gasteiger partial charge in [0.25, 0.3) is 5.91 Å². The Morgan fingerprint density at radius 2 is 1.97 bits per heavy atom. The summed E-state index contributed by atoms with van der Waals surface area (Å²) in [6, 6.07) is 15.6. The topological polar surface area (TPSA) is 62.3 Å². The summed E-state index contributed by atoms with van der Waals surface area (Å²) in [5.41, 5.74) is 3.14. The molecule has 2 aromatic carbocycles. The van der Waals surface area contributed by atoms with Crippen LogP contribution in [-0.2, 0) is 16.0 Å². The molecule has 0 aliphatic carbocycles. The summed E-state index contributed by atoms with van der Waals surface area (Å²) in [6.07, 6.45) is 5.05. The lowest BCUT2D eigenvalue weighted by Gasteiger charge is -2.13. The second-order valence-electron chi connectivity index (χ2n) is 7.80. The zero-order chi connectivity index (χ0) is 24.1. The predicted octanol–water partition coefficient (Wildman–Crippen LogP) is 6.32. The Morgan fingerprint density at radius 1 is 1.21 bits per heavy atom. The summed E-state index contributed by atoms with van der Waals surface area (Å²) >= 11 is 14.3. The predicted molar refractivity (Wildman–Crippen MR) is 145 cm³/mol. The average Bonchev–Trinajstić information content (AvgIpc) is 3.35. The van der Waals surface area contributed by atoms with Gasteiger partial charge in [-0.15, -0.1) is 11.3 Å². The van der Waals surface area contributed by atoms with Crippen LogP contribution >= 0.6 is 46.9 Å². The minimum Gasteiger partial charge on any atom is -0.302 e. The first-order chi connectivity index (χ1) is 16.4. The number of aryl methyl sites for hydroxylation is 1. The maximum Gasteiger partial charge on any atom is 0.266 e. The van der Waals surface area contributed by atoms with Crippen molar-refractivity contribution in [1.82, 2.24) is 9.88 Å². The van der Waals surface area contributed by atoms with Gasteiger partial charge in [0, 0.05) is 35.5 Å². The quantitative estimate of drug-likeness (QED) is 0.274. The first-order valence-electron chi connectivity index (χ1n) is 10.7. The summed E-state index contributed by atoms with van der Waals surface area (Å²) < 4.78 is 0.521. The highest BCUT2D eigenvalue weighted by Crippen LogP contribution is 2.33. The highest BCUT2D eigenvalue weighted by molar-refractivity contribution is 8.26. The Kier molecular flexibility index (Phi) is 8.15. The Labute approximate surface area is 217 Å². The first-order valence-corrected chi connectivity index (χ1v) is 13.1. The molecular weight excluding hydrogens is 506 g/mol. The SMILES string of the molecule is Cc1ccc(C=C2SC(=S)N(CCCC(=O)Nc3ncc(Cc4ccccc4Cl)s3)C2=O)cc1. The molecule has 1 saturated heterocycles. The lowest BCUT2D eigenvalue weighted by molar-refractivity contribution is -0.122. The number of carbonyl (C=O) groups excluding carboxylic acids is 2. The summed E-state index contributed by atoms with van der Waals surface area (Å²) in [5.74, 6) is -0.251. The Bertz CT molecular complexity index is 1250. The Morgan fingerprint density at radius 3 is 2.74 bits per heavy atom. The van der Waals surface area contributed by atoms with Crippen LogP contribution in [0.5, 0.6) is 0 Å². The maximum atomic E-state index is 12.8. The number of thiocarbonyl (C=S) groups is 1. The van der Waals surface area contributed by atoms with Crippen LogP contribution in [0, 0.1) is 6.92 Å². The lowest BCUT2D eigenvalue weighted by atomic mass is 10.1. The number of nitrogens with one attached hydrogen (secondary N) is 1. The van der Waals surface area contributed by atoms with Gasteiger partial charge in [-0.1, -0.05) is 83.6 Å². The normalized spacial score (nSPS) is 14.8. The van der Waals surface area contributed by atoms with E-state index >= 15 is 0 Å². The van der Waals surface area contributed by atoms with Crippen LogP contribution < -0.4 is 5.32 Å². The van der Waals surface area contributed by atoms with Gasteiger partial charge in [-0.25, -0.2) is 4.98 Å². The van der Waals surface area contributed by atoms with Gasteiger partial charge >= 0.3 is 0 Å². The Balaban J connectivity index is 1.26. The van der Waals surface area contributed by atoms with Crippen LogP contribution in [0.1, 0.15) is 34.4 Å². The number of amides is 2. The molecule has 174 valence electrons. The average molecular weight is 528 g/mol. The van der Waals surface area contributed by atoms with Crippen molar-refractivity contribution in [2.24, 2.45) is 0 Å². The van der Waals surface area contributed by atoms with Crippen molar-refractivity contribution in [1.29, 1.82) is 0 Å². The number of hydrogen-bond donors (Lipinski definition) is 1. The van der Waals surface area contributed by atoms with E-state index in [1.807, 2.05) is 61.5 Å². The zero-order valence-corrected chi connectivity index (χ0v) is 21.6. The molecule has 9 heteroatoms. The minimum atomic E-state index is -0.140. The van der Waals surface area contributed by atoms with Gasteiger partial charge in [-0.3, -0.25) is 14.5 Å². The maximum absolute atomic E-state index is 12.8. The molecule has 0 saturated carbocycles. The third-order valence-corrected chi connectivity index (χ3v) is 7.82. The molecule has 0 bridgehead atoms. The standard InChI is InChI=1S/C25H22ClN3O2S3/c1-16-8-10-17(11-9-16)13-21-23(31)29(25(32)34-21)12-4-7-22(30)28-24-27-15-19(33-24)14-18-5-2-3-6-20(18)26/h2-3,5-6,8-11,13,15H,4,7,12,14H2,1H3,(H,27,28,30). The fourth-order valence-electron chi connectivity index (χ4n) is 3.36. The largest absolute Gasteiger partial charge is 0.302 e. The van der Waals surface area contributed by atoms with Gasteiger partial charge < -0.3 is 5.32 Å². The molecule has 1 aliphatic heterocycles. The molecular formula is C25H22ClN3O2S3. The summed E-state index contributed by atoms with van der Waals surface area (Å²) in [6.45, 7) is 2.42. The highest BCUT2D eigenvalue weighted by atomic mass is 35.5. The number of benzene rings is 2. The first kappa shape index (κ1) is 24.6. The third-order valence-electron chi connectivity index (χ3n) is 5.16. The molecule has 0 spiro atoms. The molecule has 2 heterocycles. The number of halogens is 1. The highest BCUT2D eigenvalue weighted by Gasteiger charge is 2.31. The van der Waals surface area contributed by atoms with E-state index in [1.54, 1.807) is 11.1 Å². The number of nitrogens with zero attached hydrogens (tertiary/aromatic N) is 2. The van der Waals surface area contributed by atoms with Crippen molar-refractivity contribution in [3.05, 3.63) is 86.2 Å². The molecule has 1 aliphatic rings. The molecule has 34 heavy (non-hydrogen) atoms. The van der Waals surface area contributed by atoms with E-state index in [0.717, 1.165) is 21.6 Å². The van der Waals surface area contributed by atoms with Crippen LogP contribution in [0.4, 0.5) is 5.13 Å². The van der Waals surface area contributed by atoms with Gasteiger partial charge in [0.05, 0.1) is 4.91 Å². The number of carbonyl (C=O) groups is 2. The smallest absolute Gasteiger partial charge is 0.266 e. The molecule has 3 aromatic rings. The molecule has 1 aromatic heterocycles. The second-order valence-corrected chi connectivity index (χ2v) is 11.0. The number of thioether (sulfide) groups is 1. The number of hydrogen-bond acceptors (Lipinski definition) is 6. The molecule has 1 fully saturated rings. The van der Waals surface area contributed by atoms with Gasteiger partial charge in [0.1, 0.15) is 4.32 Å². The number of rotatable bonds is 8. The minimum absolute atomic E-state index is 0.111. The monoisotopic (exact) mass is 527 g/mol. The van der Waals surface area contributed by atoms with E-state index in [2.05, 4.69) is 10.3 Å². The molecule has 4 rings (SSSR count).